The van der Waals surface area contributed by atoms with Crippen LogP contribution in [0.5, 0.6) is 0 Å². The van der Waals surface area contributed by atoms with Crippen molar-refractivity contribution >= 4 is 21.8 Å². The van der Waals surface area contributed by atoms with Gasteiger partial charge >= 0.3 is 5.97 Å². The Balaban J connectivity index is 1.76. The van der Waals surface area contributed by atoms with Crippen molar-refractivity contribution in [1.29, 1.82) is 0 Å². The number of ketones is 1. The number of esters is 1. The normalized spacial score (nSPS) is 15.1. The zero-order chi connectivity index (χ0) is 21.0. The highest BCUT2D eigenvalue weighted by atomic mass is 32.2. The van der Waals surface area contributed by atoms with E-state index in [1.807, 2.05) is 0 Å². The topological polar surface area (TPSA) is 80.8 Å². The van der Waals surface area contributed by atoms with Gasteiger partial charge in [0.15, 0.2) is 6.61 Å². The second kappa shape index (κ2) is 8.84. The van der Waals surface area contributed by atoms with Gasteiger partial charge in [-0.2, -0.15) is 4.31 Å². The summed E-state index contributed by atoms with van der Waals surface area (Å²) in [6.07, 6.45) is 2.60. The van der Waals surface area contributed by atoms with E-state index in [4.69, 9.17) is 4.74 Å². The van der Waals surface area contributed by atoms with Gasteiger partial charge in [-0.25, -0.2) is 17.6 Å². The van der Waals surface area contributed by atoms with Gasteiger partial charge in [0.05, 0.1) is 16.0 Å². The van der Waals surface area contributed by atoms with Gasteiger partial charge in [0.2, 0.25) is 15.8 Å². The number of aryl methyl sites for hydroxylation is 1. The second-order valence-corrected chi connectivity index (χ2v) is 8.83. The number of sulfonamides is 1. The van der Waals surface area contributed by atoms with Gasteiger partial charge in [-0.3, -0.25) is 4.79 Å². The number of hydrogen-bond donors (Lipinski definition) is 0. The minimum atomic E-state index is -3.72. The average molecular weight is 419 g/mol. The fraction of sp³-hybridized carbons (Fsp3) is 0.333. The summed E-state index contributed by atoms with van der Waals surface area (Å²) in [5.74, 6) is -2.21. The van der Waals surface area contributed by atoms with Crippen molar-refractivity contribution in [3.63, 3.8) is 0 Å². The maximum atomic E-state index is 13.7. The van der Waals surface area contributed by atoms with Crippen LogP contribution in [-0.4, -0.2) is 44.2 Å². The first-order chi connectivity index (χ1) is 13.8. The number of Topliss-reactive ketones (excluding diaryl/α,β-unsaturated/α-hetero) is 1. The summed E-state index contributed by atoms with van der Waals surface area (Å²) < 4.78 is 46.0. The maximum absolute atomic E-state index is 13.7. The summed E-state index contributed by atoms with van der Waals surface area (Å²) in [7, 11) is -3.72. The molecule has 0 saturated carbocycles. The number of carbonyl (C=O) groups excluding carboxylic acids is 2. The molecule has 0 radical (unpaired) electrons. The van der Waals surface area contributed by atoms with Crippen LogP contribution < -0.4 is 0 Å². The number of nitrogens with zero attached hydrogens (tertiary/aromatic N) is 1. The first-order valence-electron chi connectivity index (χ1n) is 9.36. The largest absolute Gasteiger partial charge is 0.454 e. The van der Waals surface area contributed by atoms with Gasteiger partial charge in [0, 0.05) is 13.1 Å². The summed E-state index contributed by atoms with van der Waals surface area (Å²) in [4.78, 5) is 24.5. The first-order valence-corrected chi connectivity index (χ1v) is 10.8. The highest BCUT2D eigenvalue weighted by Gasteiger charge is 2.28. The van der Waals surface area contributed by atoms with Crippen LogP contribution in [0, 0.1) is 12.7 Å². The van der Waals surface area contributed by atoms with Crippen molar-refractivity contribution in [2.75, 3.05) is 19.7 Å². The molecule has 0 unspecified atom stereocenters. The van der Waals surface area contributed by atoms with Crippen molar-refractivity contribution in [3.05, 3.63) is 65.0 Å². The molecule has 0 aromatic heterocycles. The number of benzene rings is 2. The van der Waals surface area contributed by atoms with E-state index in [1.165, 1.54) is 40.7 Å². The van der Waals surface area contributed by atoms with Crippen LogP contribution in [0.25, 0.3) is 0 Å². The fourth-order valence-corrected chi connectivity index (χ4v) is 5.00. The lowest BCUT2D eigenvalue weighted by Gasteiger charge is -2.26. The van der Waals surface area contributed by atoms with Crippen LogP contribution in [0.3, 0.4) is 0 Å². The van der Waals surface area contributed by atoms with E-state index in [2.05, 4.69) is 0 Å². The molecule has 1 aliphatic heterocycles. The van der Waals surface area contributed by atoms with E-state index < -0.39 is 34.2 Å². The number of carbonyl (C=O) groups is 2. The van der Waals surface area contributed by atoms with E-state index in [0.717, 1.165) is 25.3 Å². The molecule has 6 nitrogen and oxygen atoms in total. The number of piperidine rings is 1. The van der Waals surface area contributed by atoms with Crippen molar-refractivity contribution in [3.8, 4) is 0 Å². The molecule has 2 aromatic carbocycles. The van der Waals surface area contributed by atoms with Crippen LogP contribution in [0.4, 0.5) is 4.39 Å². The lowest BCUT2D eigenvalue weighted by Crippen LogP contribution is -2.36. The van der Waals surface area contributed by atoms with Crippen LogP contribution in [0.15, 0.2) is 47.4 Å². The first kappa shape index (κ1) is 21.1. The molecule has 0 amide bonds. The third kappa shape index (κ3) is 4.71. The molecule has 2 aromatic rings. The van der Waals surface area contributed by atoms with Crippen molar-refractivity contribution < 1.29 is 27.1 Å². The van der Waals surface area contributed by atoms with Crippen LogP contribution >= 0.6 is 0 Å². The Labute approximate surface area is 169 Å². The minimum absolute atomic E-state index is 0.0209. The summed E-state index contributed by atoms with van der Waals surface area (Å²) in [5.41, 5.74) is 0.375. The molecule has 0 atom stereocenters. The Bertz CT molecular complexity index is 1030. The minimum Gasteiger partial charge on any atom is -0.454 e. The van der Waals surface area contributed by atoms with E-state index >= 15 is 0 Å². The highest BCUT2D eigenvalue weighted by molar-refractivity contribution is 7.89. The predicted molar refractivity (Wildman–Crippen MR) is 105 cm³/mol. The Morgan fingerprint density at radius 3 is 2.45 bits per heavy atom. The van der Waals surface area contributed by atoms with E-state index in [1.54, 1.807) is 6.92 Å². The van der Waals surface area contributed by atoms with Gasteiger partial charge in [0.25, 0.3) is 0 Å². The summed E-state index contributed by atoms with van der Waals surface area (Å²) in [6.45, 7) is 1.93. The Morgan fingerprint density at radius 2 is 1.76 bits per heavy atom. The molecule has 3 rings (SSSR count). The molecule has 0 bridgehead atoms. The number of ether oxygens (including phenoxy) is 1. The molecule has 29 heavy (non-hydrogen) atoms. The van der Waals surface area contributed by atoms with Gasteiger partial charge in [-0.1, -0.05) is 24.6 Å². The van der Waals surface area contributed by atoms with E-state index in [9.17, 15) is 22.4 Å². The monoisotopic (exact) mass is 419 g/mol. The van der Waals surface area contributed by atoms with Crippen molar-refractivity contribution in [2.24, 2.45) is 0 Å². The lowest BCUT2D eigenvalue weighted by atomic mass is 10.1. The Kier molecular flexibility index (Phi) is 6.44. The Hall–Kier alpha value is -2.58. The van der Waals surface area contributed by atoms with Crippen LogP contribution in [0.1, 0.15) is 45.5 Å². The van der Waals surface area contributed by atoms with Crippen molar-refractivity contribution in [1.82, 2.24) is 4.31 Å². The standard InChI is InChI=1S/C21H22FNO5S/c1-15-9-10-16(13-20(15)29(26,27)23-11-5-2-6-12-23)21(25)28-14-19(24)17-7-3-4-8-18(17)22/h3-4,7-10,13H,2,5-6,11-12,14H2,1H3. The lowest BCUT2D eigenvalue weighted by molar-refractivity contribution is 0.0473. The van der Waals surface area contributed by atoms with E-state index in [0.29, 0.717) is 18.7 Å². The molecule has 0 aliphatic carbocycles. The highest BCUT2D eigenvalue weighted by Crippen LogP contribution is 2.24. The van der Waals surface area contributed by atoms with Crippen molar-refractivity contribution in [2.45, 2.75) is 31.1 Å². The summed E-state index contributed by atoms with van der Waals surface area (Å²) >= 11 is 0. The summed E-state index contributed by atoms with van der Waals surface area (Å²) in [6, 6.07) is 9.67. The number of hydrogen-bond acceptors (Lipinski definition) is 5. The quantitative estimate of drug-likeness (QED) is 0.530. The SMILES string of the molecule is Cc1ccc(C(=O)OCC(=O)c2ccccc2F)cc1S(=O)(=O)N1CCCCC1. The zero-order valence-corrected chi connectivity index (χ0v) is 16.9. The molecule has 0 spiro atoms. The van der Waals surface area contributed by atoms with Gasteiger partial charge in [0.1, 0.15) is 5.82 Å². The molecule has 1 aliphatic rings. The maximum Gasteiger partial charge on any atom is 0.338 e. The van der Waals surface area contributed by atoms with E-state index in [-0.39, 0.29) is 16.0 Å². The number of rotatable bonds is 6. The predicted octanol–water partition coefficient (Wildman–Crippen LogP) is 3.35. The molecule has 154 valence electrons. The zero-order valence-electron chi connectivity index (χ0n) is 16.1. The number of halogens is 1. The molecular formula is C21H22FNO5S. The third-order valence-electron chi connectivity index (χ3n) is 4.87. The summed E-state index contributed by atoms with van der Waals surface area (Å²) in [5, 5.41) is 0. The molecule has 1 heterocycles. The second-order valence-electron chi connectivity index (χ2n) is 6.92. The van der Waals surface area contributed by atoms with Gasteiger partial charge < -0.3 is 4.74 Å². The molecule has 1 fully saturated rings. The molecule has 8 heteroatoms. The smallest absolute Gasteiger partial charge is 0.338 e. The van der Waals surface area contributed by atoms with Crippen LogP contribution in [0.2, 0.25) is 0 Å². The average Bonchev–Trinajstić information content (AvgIpc) is 2.73. The van der Waals surface area contributed by atoms with Gasteiger partial charge in [-0.05, 0) is 49.6 Å². The Morgan fingerprint density at radius 1 is 1.07 bits per heavy atom. The van der Waals surface area contributed by atoms with Gasteiger partial charge in [-0.15, -0.1) is 0 Å². The fourth-order valence-electron chi connectivity index (χ4n) is 3.23. The molecule has 0 N–H and O–H groups in total. The molecule has 1 saturated heterocycles. The third-order valence-corrected chi connectivity index (χ3v) is 6.91. The molecular weight excluding hydrogens is 397 g/mol. The van der Waals surface area contributed by atoms with Crippen LogP contribution in [-0.2, 0) is 14.8 Å².